The molecule has 7 heteroatoms. The van der Waals surface area contributed by atoms with Crippen LogP contribution in [0.3, 0.4) is 0 Å². The molecule has 2 aromatic rings. The predicted molar refractivity (Wildman–Crippen MR) is 100 cm³/mol. The van der Waals surface area contributed by atoms with E-state index in [1.54, 1.807) is 0 Å². The van der Waals surface area contributed by atoms with Gasteiger partial charge < -0.3 is 10.2 Å². The van der Waals surface area contributed by atoms with Crippen LogP contribution in [0.25, 0.3) is 0 Å². The Bertz CT molecular complexity index is 832. The van der Waals surface area contributed by atoms with E-state index in [1.165, 1.54) is 37.1 Å². The van der Waals surface area contributed by atoms with E-state index in [4.69, 9.17) is 0 Å². The van der Waals surface area contributed by atoms with Crippen molar-refractivity contribution in [1.29, 1.82) is 0 Å². The molecule has 4 nitrogen and oxygen atoms in total. The number of carbonyl (C=O) groups excluding carboxylic acids is 2. The molecular formula is C21H23F3N2O2. The van der Waals surface area contributed by atoms with E-state index in [1.807, 2.05) is 31.2 Å². The normalized spacial score (nSPS) is 12.4. The van der Waals surface area contributed by atoms with Gasteiger partial charge in [0.25, 0.3) is 0 Å². The standard InChI is InChI=1S/C21H23F3N2O2/c1-14-8-10-16(11-9-14)19(25-15(2)27)12-20(28)26(3)13-17-6-4-5-7-18(17)21(22,23)24/h4-11,19H,12-13H2,1-3H3,(H,25,27). The minimum atomic E-state index is -4.49. The number of aryl methyl sites for hydroxylation is 1. The van der Waals surface area contributed by atoms with E-state index >= 15 is 0 Å². The first kappa shape index (κ1) is 21.5. The van der Waals surface area contributed by atoms with Gasteiger partial charge in [-0.2, -0.15) is 13.2 Å². The Morgan fingerprint density at radius 3 is 2.25 bits per heavy atom. The SMILES string of the molecule is CC(=O)NC(CC(=O)N(C)Cc1ccccc1C(F)(F)F)c1ccc(C)cc1. The maximum Gasteiger partial charge on any atom is 0.416 e. The molecule has 0 spiro atoms. The molecule has 2 rings (SSSR count). The number of nitrogens with zero attached hydrogens (tertiary/aromatic N) is 1. The fourth-order valence-corrected chi connectivity index (χ4v) is 2.91. The zero-order valence-corrected chi connectivity index (χ0v) is 16.0. The highest BCUT2D eigenvalue weighted by molar-refractivity contribution is 5.79. The van der Waals surface area contributed by atoms with E-state index in [0.29, 0.717) is 0 Å². The fourth-order valence-electron chi connectivity index (χ4n) is 2.91. The smallest absolute Gasteiger partial charge is 0.349 e. The molecule has 2 amide bonds. The fraction of sp³-hybridized carbons (Fsp3) is 0.333. The lowest BCUT2D eigenvalue weighted by atomic mass is 10.0. The molecule has 2 aromatic carbocycles. The van der Waals surface area contributed by atoms with Gasteiger partial charge in [0.1, 0.15) is 0 Å². The molecule has 150 valence electrons. The third-order valence-electron chi connectivity index (χ3n) is 4.39. The van der Waals surface area contributed by atoms with E-state index in [2.05, 4.69) is 5.32 Å². The summed E-state index contributed by atoms with van der Waals surface area (Å²) in [5.41, 5.74) is 1.07. The molecule has 0 saturated heterocycles. The quantitative estimate of drug-likeness (QED) is 0.799. The van der Waals surface area contributed by atoms with Crippen molar-refractivity contribution in [1.82, 2.24) is 10.2 Å². The van der Waals surface area contributed by atoms with Crippen LogP contribution < -0.4 is 5.32 Å². The Labute approximate surface area is 162 Å². The molecule has 0 bridgehead atoms. The summed E-state index contributed by atoms with van der Waals surface area (Å²) in [5, 5.41) is 2.73. The summed E-state index contributed by atoms with van der Waals surface area (Å²) in [6, 6.07) is 12.0. The minimum Gasteiger partial charge on any atom is -0.349 e. The van der Waals surface area contributed by atoms with Crippen LogP contribution in [-0.4, -0.2) is 23.8 Å². The lowest BCUT2D eigenvalue weighted by Gasteiger charge is -2.24. The van der Waals surface area contributed by atoms with Gasteiger partial charge in [0.05, 0.1) is 18.0 Å². The zero-order chi connectivity index (χ0) is 20.9. The highest BCUT2D eigenvalue weighted by atomic mass is 19.4. The Morgan fingerprint density at radius 1 is 1.07 bits per heavy atom. The second kappa shape index (κ2) is 8.91. The summed E-state index contributed by atoms with van der Waals surface area (Å²) in [6.45, 7) is 3.11. The number of rotatable bonds is 6. The largest absolute Gasteiger partial charge is 0.416 e. The predicted octanol–water partition coefficient (Wildman–Crippen LogP) is 4.24. The van der Waals surface area contributed by atoms with Gasteiger partial charge in [-0.05, 0) is 24.1 Å². The molecule has 1 atom stereocenters. The summed E-state index contributed by atoms with van der Waals surface area (Å²) >= 11 is 0. The molecule has 0 aliphatic carbocycles. The van der Waals surface area contributed by atoms with Gasteiger partial charge in [-0.1, -0.05) is 48.0 Å². The van der Waals surface area contributed by atoms with E-state index in [-0.39, 0.29) is 30.3 Å². The maximum atomic E-state index is 13.2. The maximum absolute atomic E-state index is 13.2. The second-order valence-electron chi connectivity index (χ2n) is 6.77. The van der Waals surface area contributed by atoms with Crippen molar-refractivity contribution < 1.29 is 22.8 Å². The lowest BCUT2D eigenvalue weighted by Crippen LogP contribution is -2.34. The first-order chi connectivity index (χ1) is 13.1. The number of halogens is 3. The molecule has 0 aliphatic heterocycles. The number of hydrogen-bond acceptors (Lipinski definition) is 2. The van der Waals surface area contributed by atoms with Gasteiger partial charge in [-0.25, -0.2) is 0 Å². The van der Waals surface area contributed by atoms with E-state index in [0.717, 1.165) is 17.2 Å². The van der Waals surface area contributed by atoms with Crippen molar-refractivity contribution in [3.05, 3.63) is 70.8 Å². The molecule has 0 heterocycles. The Morgan fingerprint density at radius 2 is 1.68 bits per heavy atom. The summed E-state index contributed by atoms with van der Waals surface area (Å²) in [7, 11) is 1.45. The van der Waals surface area contributed by atoms with Gasteiger partial charge >= 0.3 is 6.18 Å². The van der Waals surface area contributed by atoms with Crippen LogP contribution in [0, 0.1) is 6.92 Å². The van der Waals surface area contributed by atoms with Gasteiger partial charge in [0.2, 0.25) is 11.8 Å². The zero-order valence-electron chi connectivity index (χ0n) is 16.0. The summed E-state index contributed by atoms with van der Waals surface area (Å²) < 4.78 is 39.5. The van der Waals surface area contributed by atoms with Crippen LogP contribution in [0.15, 0.2) is 48.5 Å². The van der Waals surface area contributed by atoms with Crippen molar-refractivity contribution in [3.63, 3.8) is 0 Å². The second-order valence-corrected chi connectivity index (χ2v) is 6.77. The number of nitrogens with one attached hydrogen (secondary N) is 1. The minimum absolute atomic E-state index is 0.0252. The van der Waals surface area contributed by atoms with Crippen LogP contribution in [0.1, 0.15) is 41.6 Å². The third-order valence-corrected chi connectivity index (χ3v) is 4.39. The van der Waals surface area contributed by atoms with E-state index in [9.17, 15) is 22.8 Å². The van der Waals surface area contributed by atoms with Gasteiger partial charge in [-0.3, -0.25) is 9.59 Å². The average Bonchev–Trinajstić information content (AvgIpc) is 2.61. The van der Waals surface area contributed by atoms with Gasteiger partial charge in [0.15, 0.2) is 0 Å². The molecule has 1 unspecified atom stereocenters. The molecule has 0 fully saturated rings. The van der Waals surface area contributed by atoms with Gasteiger partial charge in [0, 0.05) is 20.5 Å². The number of carbonyl (C=O) groups is 2. The molecule has 28 heavy (non-hydrogen) atoms. The summed E-state index contributed by atoms with van der Waals surface area (Å²) in [6.07, 6.45) is -4.53. The summed E-state index contributed by atoms with van der Waals surface area (Å²) in [5.74, 6) is -0.653. The van der Waals surface area contributed by atoms with Crippen LogP contribution in [0.5, 0.6) is 0 Å². The van der Waals surface area contributed by atoms with Gasteiger partial charge in [-0.15, -0.1) is 0 Å². The van der Waals surface area contributed by atoms with Crippen molar-refractivity contribution in [3.8, 4) is 0 Å². The lowest BCUT2D eigenvalue weighted by molar-refractivity contribution is -0.139. The van der Waals surface area contributed by atoms with Crippen LogP contribution in [0.4, 0.5) is 13.2 Å². The first-order valence-corrected chi connectivity index (χ1v) is 8.80. The van der Waals surface area contributed by atoms with Crippen molar-refractivity contribution in [2.24, 2.45) is 0 Å². The Hall–Kier alpha value is -2.83. The molecule has 0 saturated carbocycles. The van der Waals surface area contributed by atoms with Crippen LogP contribution >= 0.6 is 0 Å². The third kappa shape index (κ3) is 5.84. The number of benzene rings is 2. The highest BCUT2D eigenvalue weighted by Crippen LogP contribution is 2.32. The van der Waals surface area contributed by atoms with Crippen molar-refractivity contribution >= 4 is 11.8 Å². The van der Waals surface area contributed by atoms with E-state index < -0.39 is 17.8 Å². The molecule has 1 N–H and O–H groups in total. The molecule has 0 aliphatic rings. The molecule has 0 radical (unpaired) electrons. The van der Waals surface area contributed by atoms with Crippen molar-refractivity contribution in [2.45, 2.75) is 39.0 Å². The summed E-state index contributed by atoms with van der Waals surface area (Å²) in [4.78, 5) is 25.4. The highest BCUT2D eigenvalue weighted by Gasteiger charge is 2.33. The van der Waals surface area contributed by atoms with Crippen LogP contribution in [-0.2, 0) is 22.3 Å². The average molecular weight is 392 g/mol. The number of alkyl halides is 3. The number of amides is 2. The Kier molecular flexibility index (Phi) is 6.83. The first-order valence-electron chi connectivity index (χ1n) is 8.80. The Balaban J connectivity index is 2.15. The monoisotopic (exact) mass is 392 g/mol. The van der Waals surface area contributed by atoms with Crippen molar-refractivity contribution in [2.75, 3.05) is 7.05 Å². The van der Waals surface area contributed by atoms with Crippen LogP contribution in [0.2, 0.25) is 0 Å². The number of hydrogen-bond donors (Lipinski definition) is 1. The molecule has 0 aromatic heterocycles. The molecular weight excluding hydrogens is 369 g/mol. The topological polar surface area (TPSA) is 49.4 Å².